The van der Waals surface area contributed by atoms with Crippen molar-refractivity contribution in [2.75, 3.05) is 18.0 Å². The van der Waals surface area contributed by atoms with Gasteiger partial charge >= 0.3 is 6.18 Å². The van der Waals surface area contributed by atoms with Crippen LogP contribution in [0.15, 0.2) is 42.0 Å². The van der Waals surface area contributed by atoms with Gasteiger partial charge in [0.05, 0.1) is 34.0 Å². The number of pyridine rings is 1. The van der Waals surface area contributed by atoms with E-state index >= 15 is 0 Å². The molecule has 0 radical (unpaired) electrons. The molecule has 0 aliphatic carbocycles. The van der Waals surface area contributed by atoms with Crippen LogP contribution >= 0.6 is 11.3 Å². The molecule has 1 unspecified atom stereocenters. The minimum absolute atomic E-state index is 0.0399. The molecule has 1 amide bonds. The van der Waals surface area contributed by atoms with E-state index in [-0.39, 0.29) is 18.4 Å². The summed E-state index contributed by atoms with van der Waals surface area (Å²) in [4.78, 5) is 22.0. The summed E-state index contributed by atoms with van der Waals surface area (Å²) in [5.74, 6) is -0.0683. The van der Waals surface area contributed by atoms with E-state index in [1.165, 1.54) is 23.6 Å². The molecule has 1 aliphatic heterocycles. The average molecular weight is 406 g/mol. The number of thiazole rings is 1. The Kier molecular flexibility index (Phi) is 4.92. The van der Waals surface area contributed by atoms with Gasteiger partial charge in [-0.05, 0) is 36.2 Å². The van der Waals surface area contributed by atoms with E-state index in [9.17, 15) is 18.0 Å². The van der Waals surface area contributed by atoms with E-state index < -0.39 is 11.9 Å². The number of carbonyl (C=O) groups excluding carboxylic acids is 1. The number of halogens is 3. The molecule has 3 aromatic rings. The van der Waals surface area contributed by atoms with E-state index in [1.54, 1.807) is 5.51 Å². The first kappa shape index (κ1) is 18.7. The minimum atomic E-state index is -4.44. The summed E-state index contributed by atoms with van der Waals surface area (Å²) in [6.07, 6.45) is -2.19. The molecule has 1 aromatic carbocycles. The lowest BCUT2D eigenvalue weighted by Gasteiger charge is -2.19. The Bertz CT molecular complexity index is 987. The molecule has 146 valence electrons. The standard InChI is InChI=1S/C19H17F3N4OS/c20-19(21,22)17-4-2-14(9-23-17)26-6-5-13(10-26)25-18(27)8-12-1-3-15-16(7-12)28-11-24-15/h1-4,7,9,11,13H,5-6,8,10H2,(H,25,27). The lowest BCUT2D eigenvalue weighted by atomic mass is 10.1. The Morgan fingerprint density at radius 1 is 1.25 bits per heavy atom. The highest BCUT2D eigenvalue weighted by atomic mass is 32.1. The van der Waals surface area contributed by atoms with Crippen LogP contribution in [-0.4, -0.2) is 35.0 Å². The zero-order valence-electron chi connectivity index (χ0n) is 14.7. The number of carbonyl (C=O) groups is 1. The third kappa shape index (κ3) is 4.09. The molecule has 2 aromatic heterocycles. The molecule has 4 rings (SSSR count). The Balaban J connectivity index is 1.33. The van der Waals surface area contributed by atoms with Crippen molar-refractivity contribution in [1.29, 1.82) is 0 Å². The third-order valence-electron chi connectivity index (χ3n) is 4.72. The molecular formula is C19H17F3N4OS. The summed E-state index contributed by atoms with van der Waals surface area (Å²) < 4.78 is 38.9. The highest BCUT2D eigenvalue weighted by molar-refractivity contribution is 7.16. The van der Waals surface area contributed by atoms with E-state index in [2.05, 4.69) is 15.3 Å². The van der Waals surface area contributed by atoms with Gasteiger partial charge in [-0.15, -0.1) is 11.3 Å². The molecule has 1 atom stereocenters. The number of hydrogen-bond acceptors (Lipinski definition) is 5. The van der Waals surface area contributed by atoms with Crippen molar-refractivity contribution in [3.05, 3.63) is 53.3 Å². The van der Waals surface area contributed by atoms with Crippen LogP contribution in [0.25, 0.3) is 10.2 Å². The number of rotatable bonds is 4. The van der Waals surface area contributed by atoms with Crippen LogP contribution in [0.1, 0.15) is 17.7 Å². The van der Waals surface area contributed by atoms with Crippen molar-refractivity contribution in [1.82, 2.24) is 15.3 Å². The summed E-state index contributed by atoms with van der Waals surface area (Å²) in [6.45, 7) is 1.21. The maximum absolute atomic E-state index is 12.6. The first-order chi connectivity index (χ1) is 13.4. The zero-order valence-corrected chi connectivity index (χ0v) is 15.6. The molecule has 3 heterocycles. The second kappa shape index (κ2) is 7.38. The van der Waals surface area contributed by atoms with E-state index in [0.717, 1.165) is 28.3 Å². The smallest absolute Gasteiger partial charge is 0.368 e. The Hall–Kier alpha value is -2.68. The number of nitrogens with one attached hydrogen (secondary N) is 1. The molecule has 0 saturated carbocycles. The van der Waals surface area contributed by atoms with Crippen molar-refractivity contribution >= 4 is 33.1 Å². The summed E-state index contributed by atoms with van der Waals surface area (Å²) in [5.41, 5.74) is 3.35. The average Bonchev–Trinajstić information content (AvgIpc) is 3.30. The second-order valence-corrected chi connectivity index (χ2v) is 7.62. The first-order valence-corrected chi connectivity index (χ1v) is 9.66. The quantitative estimate of drug-likeness (QED) is 0.719. The fourth-order valence-corrected chi connectivity index (χ4v) is 4.07. The SMILES string of the molecule is O=C(Cc1ccc2ncsc2c1)NC1CCN(c2ccc(C(F)(F)F)nc2)C1. The third-order valence-corrected chi connectivity index (χ3v) is 5.51. The van der Waals surface area contributed by atoms with Gasteiger partial charge in [-0.25, -0.2) is 9.97 Å². The normalized spacial score (nSPS) is 17.2. The van der Waals surface area contributed by atoms with Gasteiger partial charge in [-0.2, -0.15) is 13.2 Å². The fraction of sp³-hybridized carbons (Fsp3) is 0.316. The lowest BCUT2D eigenvalue weighted by Crippen LogP contribution is -2.38. The zero-order chi connectivity index (χ0) is 19.7. The van der Waals surface area contributed by atoms with Crippen molar-refractivity contribution < 1.29 is 18.0 Å². The van der Waals surface area contributed by atoms with Gasteiger partial charge in [0.15, 0.2) is 0 Å². The molecular weight excluding hydrogens is 389 g/mol. The van der Waals surface area contributed by atoms with Crippen LogP contribution < -0.4 is 10.2 Å². The van der Waals surface area contributed by atoms with Crippen LogP contribution in [0, 0.1) is 0 Å². The van der Waals surface area contributed by atoms with Crippen molar-refractivity contribution in [3.8, 4) is 0 Å². The monoisotopic (exact) mass is 406 g/mol. The van der Waals surface area contributed by atoms with Gasteiger partial charge < -0.3 is 10.2 Å². The van der Waals surface area contributed by atoms with E-state index in [4.69, 9.17) is 0 Å². The summed E-state index contributed by atoms with van der Waals surface area (Å²) in [6, 6.07) is 8.14. The van der Waals surface area contributed by atoms with Gasteiger partial charge in [0.25, 0.3) is 0 Å². The molecule has 1 fully saturated rings. The van der Waals surface area contributed by atoms with Crippen molar-refractivity contribution in [2.45, 2.75) is 25.1 Å². The number of amides is 1. The van der Waals surface area contributed by atoms with Crippen LogP contribution in [0.5, 0.6) is 0 Å². The van der Waals surface area contributed by atoms with Crippen molar-refractivity contribution in [3.63, 3.8) is 0 Å². The number of nitrogens with zero attached hydrogens (tertiary/aromatic N) is 3. The van der Waals surface area contributed by atoms with Gasteiger partial charge in [0, 0.05) is 19.1 Å². The summed E-state index contributed by atoms with van der Waals surface area (Å²) in [5, 5.41) is 3.01. The number of fused-ring (bicyclic) bond motifs is 1. The van der Waals surface area contributed by atoms with Gasteiger partial charge in [0.1, 0.15) is 5.69 Å². The number of anilines is 1. The largest absolute Gasteiger partial charge is 0.433 e. The molecule has 1 saturated heterocycles. The van der Waals surface area contributed by atoms with Crippen LogP contribution in [-0.2, 0) is 17.4 Å². The molecule has 1 N–H and O–H groups in total. The Morgan fingerprint density at radius 3 is 2.86 bits per heavy atom. The van der Waals surface area contributed by atoms with Gasteiger partial charge in [-0.3, -0.25) is 4.79 Å². The number of alkyl halides is 3. The minimum Gasteiger partial charge on any atom is -0.368 e. The predicted molar refractivity (Wildman–Crippen MR) is 101 cm³/mol. The molecule has 0 bridgehead atoms. The number of benzene rings is 1. The van der Waals surface area contributed by atoms with Gasteiger partial charge in [0.2, 0.25) is 5.91 Å². The lowest BCUT2D eigenvalue weighted by molar-refractivity contribution is -0.141. The first-order valence-electron chi connectivity index (χ1n) is 8.78. The van der Waals surface area contributed by atoms with E-state index in [0.29, 0.717) is 18.8 Å². The topological polar surface area (TPSA) is 58.1 Å². The Morgan fingerprint density at radius 2 is 2.11 bits per heavy atom. The van der Waals surface area contributed by atoms with E-state index in [1.807, 2.05) is 23.1 Å². The summed E-state index contributed by atoms with van der Waals surface area (Å²) >= 11 is 1.54. The molecule has 0 spiro atoms. The maximum atomic E-state index is 12.6. The molecule has 5 nitrogen and oxygen atoms in total. The number of hydrogen-bond donors (Lipinski definition) is 1. The van der Waals surface area contributed by atoms with Crippen molar-refractivity contribution in [2.24, 2.45) is 0 Å². The maximum Gasteiger partial charge on any atom is 0.433 e. The number of aromatic nitrogens is 2. The van der Waals surface area contributed by atoms with Crippen LogP contribution in [0.4, 0.5) is 18.9 Å². The molecule has 9 heteroatoms. The van der Waals surface area contributed by atoms with Crippen LogP contribution in [0.2, 0.25) is 0 Å². The molecule has 1 aliphatic rings. The fourth-order valence-electron chi connectivity index (χ4n) is 3.33. The summed E-state index contributed by atoms with van der Waals surface area (Å²) in [7, 11) is 0. The predicted octanol–water partition coefficient (Wildman–Crippen LogP) is 3.65. The second-order valence-electron chi connectivity index (χ2n) is 6.73. The molecule has 28 heavy (non-hydrogen) atoms. The Labute approximate surface area is 163 Å². The highest BCUT2D eigenvalue weighted by Crippen LogP contribution is 2.29. The van der Waals surface area contributed by atoms with Gasteiger partial charge in [-0.1, -0.05) is 6.07 Å². The highest BCUT2D eigenvalue weighted by Gasteiger charge is 2.32. The van der Waals surface area contributed by atoms with Crippen LogP contribution in [0.3, 0.4) is 0 Å².